The summed E-state index contributed by atoms with van der Waals surface area (Å²) in [5.41, 5.74) is 5.62. The van der Waals surface area contributed by atoms with Crippen LogP contribution in [-0.4, -0.2) is 42.7 Å². The lowest BCUT2D eigenvalue weighted by atomic mass is 10.1. The van der Waals surface area contributed by atoms with Crippen molar-refractivity contribution in [2.75, 3.05) is 13.2 Å². The molecule has 2 fully saturated rings. The molecule has 0 saturated carbocycles. The number of rotatable bonds is 0. The van der Waals surface area contributed by atoms with Crippen LogP contribution in [-0.2, 0) is 9.47 Å². The van der Waals surface area contributed by atoms with Crippen LogP contribution in [0.2, 0.25) is 0 Å². The van der Waals surface area contributed by atoms with Crippen molar-refractivity contribution in [3.63, 3.8) is 0 Å². The summed E-state index contributed by atoms with van der Waals surface area (Å²) in [6.07, 6.45) is -0.719. The molecule has 2 rings (SSSR count). The maximum Gasteiger partial charge on any atom is 0.113 e. The van der Waals surface area contributed by atoms with Crippen molar-refractivity contribution in [2.45, 2.75) is 24.4 Å². The second-order valence-electron chi connectivity index (χ2n) is 2.83. The quantitative estimate of drug-likeness (QED) is 0.434. The highest BCUT2D eigenvalue weighted by Crippen LogP contribution is 2.25. The number of hydrogen-bond donors (Lipinski definition) is 2. The predicted molar refractivity (Wildman–Crippen MR) is 33.5 cm³/mol. The summed E-state index contributed by atoms with van der Waals surface area (Å²) < 4.78 is 10.4. The van der Waals surface area contributed by atoms with Crippen LogP contribution in [0.5, 0.6) is 0 Å². The van der Waals surface area contributed by atoms with Crippen molar-refractivity contribution in [3.05, 3.63) is 0 Å². The Balaban J connectivity index is 2.09. The molecule has 0 spiro atoms. The van der Waals surface area contributed by atoms with Crippen molar-refractivity contribution in [1.82, 2.24) is 0 Å². The summed E-state index contributed by atoms with van der Waals surface area (Å²) >= 11 is 0. The molecule has 10 heavy (non-hydrogen) atoms. The van der Waals surface area contributed by atoms with E-state index in [9.17, 15) is 5.11 Å². The molecule has 0 unspecified atom stereocenters. The zero-order chi connectivity index (χ0) is 7.14. The number of nitrogens with two attached hydrogens (primary N) is 1. The highest BCUT2D eigenvalue weighted by Gasteiger charge is 2.45. The van der Waals surface area contributed by atoms with Gasteiger partial charge in [-0.05, 0) is 0 Å². The Morgan fingerprint density at radius 3 is 2.60 bits per heavy atom. The second-order valence-corrected chi connectivity index (χ2v) is 2.83. The molecule has 0 aromatic carbocycles. The third-order valence-corrected chi connectivity index (χ3v) is 2.07. The minimum absolute atomic E-state index is 0.0536. The lowest BCUT2D eigenvalue weighted by Gasteiger charge is -2.10. The van der Waals surface area contributed by atoms with E-state index in [1.807, 2.05) is 0 Å². The van der Waals surface area contributed by atoms with Gasteiger partial charge in [-0.1, -0.05) is 0 Å². The van der Waals surface area contributed by atoms with E-state index < -0.39 is 6.10 Å². The van der Waals surface area contributed by atoms with Crippen LogP contribution in [0, 0.1) is 0 Å². The molecule has 4 atom stereocenters. The number of aliphatic hydroxyl groups is 1. The molecule has 2 aliphatic rings. The van der Waals surface area contributed by atoms with Crippen molar-refractivity contribution in [3.8, 4) is 0 Å². The van der Waals surface area contributed by atoms with Crippen LogP contribution < -0.4 is 5.73 Å². The van der Waals surface area contributed by atoms with Gasteiger partial charge < -0.3 is 20.3 Å². The van der Waals surface area contributed by atoms with Gasteiger partial charge in [-0.3, -0.25) is 0 Å². The fourth-order valence-corrected chi connectivity index (χ4v) is 1.51. The van der Waals surface area contributed by atoms with E-state index in [2.05, 4.69) is 0 Å². The van der Waals surface area contributed by atoms with E-state index in [0.29, 0.717) is 13.2 Å². The summed E-state index contributed by atoms with van der Waals surface area (Å²) in [5, 5.41) is 9.21. The van der Waals surface area contributed by atoms with Gasteiger partial charge >= 0.3 is 0 Å². The number of hydrogen-bond acceptors (Lipinski definition) is 4. The average molecular weight is 145 g/mol. The fourth-order valence-electron chi connectivity index (χ4n) is 1.51. The van der Waals surface area contributed by atoms with Crippen LogP contribution in [0.3, 0.4) is 0 Å². The number of ether oxygens (including phenoxy) is 2. The highest BCUT2D eigenvalue weighted by molar-refractivity contribution is 4.95. The third-order valence-electron chi connectivity index (χ3n) is 2.07. The molecule has 0 bridgehead atoms. The summed E-state index contributed by atoms with van der Waals surface area (Å²) in [6, 6.07) is -0.0536. The van der Waals surface area contributed by atoms with Crippen molar-refractivity contribution >= 4 is 0 Å². The summed E-state index contributed by atoms with van der Waals surface area (Å²) in [6.45, 7) is 0.870. The first-order valence-electron chi connectivity index (χ1n) is 3.46. The van der Waals surface area contributed by atoms with Crippen molar-refractivity contribution < 1.29 is 14.6 Å². The molecule has 58 valence electrons. The molecule has 2 aliphatic heterocycles. The van der Waals surface area contributed by atoms with E-state index in [4.69, 9.17) is 15.2 Å². The molecule has 0 aromatic rings. The first-order chi connectivity index (χ1) is 4.79. The minimum Gasteiger partial charge on any atom is -0.388 e. The maximum absolute atomic E-state index is 9.21. The van der Waals surface area contributed by atoms with E-state index in [-0.39, 0.29) is 18.2 Å². The van der Waals surface area contributed by atoms with Crippen molar-refractivity contribution in [2.24, 2.45) is 5.73 Å². The molecule has 4 heteroatoms. The molecular formula is C6H11NO3. The molecule has 3 N–H and O–H groups in total. The topological polar surface area (TPSA) is 64.7 Å². The molecule has 2 heterocycles. The molecule has 4 nitrogen and oxygen atoms in total. The number of fused-ring (bicyclic) bond motifs is 1. The zero-order valence-electron chi connectivity index (χ0n) is 5.56. The first kappa shape index (κ1) is 6.54. The Morgan fingerprint density at radius 2 is 1.90 bits per heavy atom. The zero-order valence-corrected chi connectivity index (χ0v) is 5.56. The van der Waals surface area contributed by atoms with Gasteiger partial charge in [0, 0.05) is 0 Å². The Labute approximate surface area is 58.9 Å². The van der Waals surface area contributed by atoms with Gasteiger partial charge in [-0.25, -0.2) is 0 Å². The predicted octanol–water partition coefficient (Wildman–Crippen LogP) is -1.53. The Hall–Kier alpha value is -0.160. The lowest BCUT2D eigenvalue weighted by Crippen LogP contribution is -2.36. The summed E-state index contributed by atoms with van der Waals surface area (Å²) in [7, 11) is 0. The monoisotopic (exact) mass is 145 g/mol. The van der Waals surface area contributed by atoms with Crippen LogP contribution in [0.1, 0.15) is 0 Å². The molecule has 2 saturated heterocycles. The molecule has 0 amide bonds. The average Bonchev–Trinajstić information content (AvgIpc) is 2.41. The lowest BCUT2D eigenvalue weighted by molar-refractivity contribution is 0.0182. The first-order valence-corrected chi connectivity index (χ1v) is 3.46. The fraction of sp³-hybridized carbons (Fsp3) is 1.00. The van der Waals surface area contributed by atoms with Crippen LogP contribution in [0.25, 0.3) is 0 Å². The Morgan fingerprint density at radius 1 is 1.20 bits per heavy atom. The molecular weight excluding hydrogens is 134 g/mol. The van der Waals surface area contributed by atoms with Gasteiger partial charge in [0.1, 0.15) is 18.3 Å². The smallest absolute Gasteiger partial charge is 0.113 e. The van der Waals surface area contributed by atoms with Gasteiger partial charge in [-0.2, -0.15) is 0 Å². The van der Waals surface area contributed by atoms with Gasteiger partial charge in [0.15, 0.2) is 0 Å². The maximum atomic E-state index is 9.21. The molecule has 0 aromatic heterocycles. The van der Waals surface area contributed by atoms with Gasteiger partial charge in [0.25, 0.3) is 0 Å². The van der Waals surface area contributed by atoms with Crippen molar-refractivity contribution in [1.29, 1.82) is 0 Å². The summed E-state index contributed by atoms with van der Waals surface area (Å²) in [4.78, 5) is 0. The van der Waals surface area contributed by atoms with Crippen LogP contribution in [0.4, 0.5) is 0 Å². The van der Waals surface area contributed by atoms with E-state index in [1.54, 1.807) is 0 Å². The van der Waals surface area contributed by atoms with Crippen LogP contribution in [0.15, 0.2) is 0 Å². The normalized spacial score (nSPS) is 53.4. The molecule has 0 radical (unpaired) electrons. The highest BCUT2D eigenvalue weighted by atomic mass is 16.6. The molecule has 0 aliphatic carbocycles. The number of aliphatic hydroxyl groups excluding tert-OH is 1. The Bertz CT molecular complexity index is 125. The van der Waals surface area contributed by atoms with E-state index in [1.165, 1.54) is 0 Å². The third kappa shape index (κ3) is 0.769. The second kappa shape index (κ2) is 2.17. The summed E-state index contributed by atoms with van der Waals surface area (Å²) in [5.74, 6) is 0. The van der Waals surface area contributed by atoms with Crippen LogP contribution >= 0.6 is 0 Å². The van der Waals surface area contributed by atoms with Gasteiger partial charge in [0.05, 0.1) is 19.3 Å². The largest absolute Gasteiger partial charge is 0.388 e. The van der Waals surface area contributed by atoms with E-state index in [0.717, 1.165) is 0 Å². The SMILES string of the molecule is N[C@@H]1CO[C@@H]2[C@H]1OC[C@H]2O. The van der Waals surface area contributed by atoms with E-state index >= 15 is 0 Å². The van der Waals surface area contributed by atoms with Gasteiger partial charge in [0.2, 0.25) is 0 Å². The van der Waals surface area contributed by atoms with Gasteiger partial charge in [-0.15, -0.1) is 0 Å². The standard InChI is InChI=1S/C6H11NO3/c7-3-1-9-6-4(8)2-10-5(3)6/h3-6,8H,1-2,7H2/t3-,4-,5+,6+/m1/s1. The Kier molecular flexibility index (Phi) is 1.42. The minimum atomic E-state index is -0.474.